The maximum absolute atomic E-state index is 13.7. The minimum atomic E-state index is -2.44. The number of esters is 2. The lowest BCUT2D eigenvalue weighted by Crippen LogP contribution is -2.60. The van der Waals surface area contributed by atoms with Crippen LogP contribution in [0.3, 0.4) is 0 Å². The number of cyclic esters (lactones) is 1. The number of aliphatic hydroxyl groups excluding tert-OH is 1. The molecule has 13 atom stereocenters. The van der Waals surface area contributed by atoms with E-state index in [9.17, 15) is 24.9 Å². The highest BCUT2D eigenvalue weighted by Crippen LogP contribution is 2.41. The van der Waals surface area contributed by atoms with E-state index in [2.05, 4.69) is 5.16 Å². The molecule has 2 aliphatic rings. The van der Waals surface area contributed by atoms with Gasteiger partial charge >= 0.3 is 11.9 Å². The summed E-state index contributed by atoms with van der Waals surface area (Å²) in [5, 5.41) is 40.0. The first kappa shape index (κ1) is 46.3. The fourth-order valence-electron chi connectivity index (χ4n) is 7.93. The number of carbonyl (C=O) groups is 2. The Hall–Kier alpha value is -3.05. The van der Waals surface area contributed by atoms with E-state index >= 15 is 0 Å². The van der Waals surface area contributed by atoms with Gasteiger partial charge in [0, 0.05) is 31.8 Å². The van der Waals surface area contributed by atoms with E-state index in [4.69, 9.17) is 38.0 Å². The molecule has 314 valence electrons. The van der Waals surface area contributed by atoms with Gasteiger partial charge in [0.15, 0.2) is 29.7 Å². The Morgan fingerprint density at radius 1 is 1.05 bits per heavy atom. The summed E-state index contributed by atoms with van der Waals surface area (Å²) in [6.07, 6.45) is -4.46. The van der Waals surface area contributed by atoms with Gasteiger partial charge in [0.1, 0.15) is 6.10 Å². The number of likely N-dealkylation sites (N-methyl/N-ethyl adjacent to an activating group) is 1. The number of aliphatic hydroxyl groups is 3. The van der Waals surface area contributed by atoms with E-state index in [1.54, 1.807) is 65.8 Å². The van der Waals surface area contributed by atoms with Gasteiger partial charge < -0.3 is 58.2 Å². The normalized spacial score (nSPS) is 37.1. The Morgan fingerprint density at radius 3 is 2.25 bits per heavy atom. The van der Waals surface area contributed by atoms with E-state index in [0.29, 0.717) is 17.9 Å². The molecule has 1 aromatic rings. The summed E-state index contributed by atoms with van der Waals surface area (Å²) in [6, 6.07) is 6.78. The SMILES string of the molecule is CCC1OC(=O)C(C)C(O)C(C)C(OC2OC(C)CC(N(C)C)C2OC(C)=O)C(C)(OC)CC(C)C(=NOCOc2ccccc2OC)C(C)C(O)(O)C1C. The predicted octanol–water partition coefficient (Wildman–Crippen LogP) is 4.14. The Bertz CT molecular complexity index is 1420. The molecule has 2 fully saturated rings. The number of carbonyl (C=O) groups excluding carboxylic acids is 2. The quantitative estimate of drug-likeness (QED) is 0.126. The molecule has 0 saturated carbocycles. The summed E-state index contributed by atoms with van der Waals surface area (Å²) in [5.41, 5.74) is -0.999. The molecular weight excluding hydrogens is 716 g/mol. The van der Waals surface area contributed by atoms with Gasteiger partial charge in [-0.05, 0) is 66.3 Å². The summed E-state index contributed by atoms with van der Waals surface area (Å²) in [7, 11) is 6.80. The van der Waals surface area contributed by atoms with Crippen LogP contribution in [0.4, 0.5) is 0 Å². The van der Waals surface area contributed by atoms with Crippen LogP contribution >= 0.6 is 0 Å². The third-order valence-corrected chi connectivity index (χ3v) is 11.5. The van der Waals surface area contributed by atoms with Crippen LogP contribution in [0.5, 0.6) is 11.5 Å². The first-order chi connectivity index (χ1) is 25.7. The summed E-state index contributed by atoms with van der Waals surface area (Å²) in [6.45, 7) is 14.9. The van der Waals surface area contributed by atoms with E-state index < -0.39 is 83.6 Å². The number of nitrogens with zero attached hydrogens (tertiary/aromatic N) is 2. The molecule has 3 rings (SSSR count). The van der Waals surface area contributed by atoms with Crippen molar-refractivity contribution >= 4 is 17.7 Å². The predicted molar refractivity (Wildman–Crippen MR) is 203 cm³/mol. The lowest BCUT2D eigenvalue weighted by atomic mass is 9.73. The fraction of sp³-hybridized carbons (Fsp3) is 0.775. The second-order valence-corrected chi connectivity index (χ2v) is 15.7. The van der Waals surface area contributed by atoms with Gasteiger partial charge in [-0.3, -0.25) is 9.59 Å². The van der Waals surface area contributed by atoms with Crippen molar-refractivity contribution in [2.75, 3.05) is 35.1 Å². The van der Waals surface area contributed by atoms with Crippen LogP contribution in [0, 0.1) is 29.6 Å². The minimum Gasteiger partial charge on any atom is -0.493 e. The largest absolute Gasteiger partial charge is 0.493 e. The molecule has 15 nitrogen and oxygen atoms in total. The zero-order chi connectivity index (χ0) is 41.4. The summed E-state index contributed by atoms with van der Waals surface area (Å²) in [4.78, 5) is 33.7. The molecule has 0 amide bonds. The minimum absolute atomic E-state index is 0.156. The average Bonchev–Trinajstić information content (AvgIpc) is 3.14. The number of hydrogen-bond acceptors (Lipinski definition) is 15. The Morgan fingerprint density at radius 2 is 1.69 bits per heavy atom. The van der Waals surface area contributed by atoms with E-state index in [1.165, 1.54) is 21.1 Å². The van der Waals surface area contributed by atoms with Gasteiger partial charge in [0.2, 0.25) is 0 Å². The Balaban J connectivity index is 2.16. The van der Waals surface area contributed by atoms with Gasteiger partial charge in [-0.25, -0.2) is 0 Å². The van der Waals surface area contributed by atoms with Gasteiger partial charge in [0.25, 0.3) is 6.79 Å². The van der Waals surface area contributed by atoms with Crippen molar-refractivity contribution in [3.63, 3.8) is 0 Å². The summed E-state index contributed by atoms with van der Waals surface area (Å²) < 4.78 is 42.3. The molecule has 0 spiro atoms. The van der Waals surface area contributed by atoms with Gasteiger partial charge in [-0.1, -0.05) is 51.9 Å². The highest BCUT2D eigenvalue weighted by molar-refractivity contribution is 5.89. The topological polar surface area (TPSA) is 184 Å². The molecule has 0 bridgehead atoms. The third-order valence-electron chi connectivity index (χ3n) is 11.5. The van der Waals surface area contributed by atoms with Crippen molar-refractivity contribution in [1.29, 1.82) is 0 Å². The van der Waals surface area contributed by atoms with Gasteiger partial charge in [-0.15, -0.1) is 0 Å². The maximum atomic E-state index is 13.7. The monoisotopic (exact) mass is 782 g/mol. The summed E-state index contributed by atoms with van der Waals surface area (Å²) >= 11 is 0. The molecule has 55 heavy (non-hydrogen) atoms. The lowest BCUT2D eigenvalue weighted by Gasteiger charge is -2.48. The van der Waals surface area contributed by atoms with Gasteiger partial charge in [0.05, 0.1) is 54.6 Å². The Kier molecular flexibility index (Phi) is 16.8. The van der Waals surface area contributed by atoms with Crippen LogP contribution < -0.4 is 9.47 Å². The second kappa shape index (κ2) is 19.9. The summed E-state index contributed by atoms with van der Waals surface area (Å²) in [5.74, 6) is -7.20. The number of benzene rings is 1. The molecule has 0 aliphatic carbocycles. The van der Waals surface area contributed by atoms with Crippen LogP contribution in [0.25, 0.3) is 0 Å². The molecule has 2 aliphatic heterocycles. The molecule has 15 heteroatoms. The second-order valence-electron chi connectivity index (χ2n) is 15.7. The van der Waals surface area contributed by atoms with Crippen molar-refractivity contribution in [2.24, 2.45) is 34.7 Å². The molecule has 0 aromatic heterocycles. The standard InChI is InChI=1S/C40H66N2O13/c1-14-30-26(6)40(46,47)27(7)33(41-51-21-50-32-18-16-15-17-31(32)48-12)22(2)20-39(9,49-13)36(24(4)34(44)25(5)37(45)54-30)55-38-35(53-28(8)43)29(42(10)11)19-23(3)52-38/h15-18,22-27,29-30,34-36,38,44,46-47H,14,19-21H2,1-13H3. The molecule has 2 saturated heterocycles. The zero-order valence-electron chi connectivity index (χ0n) is 34.9. The van der Waals surface area contributed by atoms with Crippen molar-refractivity contribution in [3.05, 3.63) is 24.3 Å². The lowest BCUT2D eigenvalue weighted by molar-refractivity contribution is -0.303. The molecule has 3 N–H and O–H groups in total. The number of rotatable bonds is 11. The molecule has 0 radical (unpaired) electrons. The van der Waals surface area contributed by atoms with Crippen molar-refractivity contribution in [1.82, 2.24) is 4.90 Å². The Labute approximate surface area is 326 Å². The van der Waals surface area contributed by atoms with Gasteiger partial charge in [-0.2, -0.15) is 0 Å². The van der Waals surface area contributed by atoms with Crippen molar-refractivity contribution in [2.45, 2.75) is 136 Å². The van der Waals surface area contributed by atoms with Crippen molar-refractivity contribution in [3.8, 4) is 11.5 Å². The molecule has 1 aromatic carbocycles. The van der Waals surface area contributed by atoms with Crippen LogP contribution in [-0.4, -0.2) is 127 Å². The number of ether oxygens (including phenoxy) is 7. The smallest absolute Gasteiger partial charge is 0.311 e. The van der Waals surface area contributed by atoms with Crippen molar-refractivity contribution < 1.29 is 62.9 Å². The first-order valence-corrected chi connectivity index (χ1v) is 19.2. The third kappa shape index (κ3) is 11.1. The molecular formula is C40H66N2O13. The number of oxime groups is 1. The average molecular weight is 783 g/mol. The number of para-hydroxylation sites is 2. The maximum Gasteiger partial charge on any atom is 0.311 e. The van der Waals surface area contributed by atoms with Crippen LogP contribution in [0.2, 0.25) is 0 Å². The molecule has 13 unspecified atom stereocenters. The van der Waals surface area contributed by atoms with Crippen LogP contribution in [0.15, 0.2) is 29.4 Å². The fourth-order valence-corrected chi connectivity index (χ4v) is 7.93. The zero-order valence-corrected chi connectivity index (χ0v) is 34.9. The number of methoxy groups -OCH3 is 2. The highest BCUT2D eigenvalue weighted by Gasteiger charge is 2.52. The van der Waals surface area contributed by atoms with Crippen LogP contribution in [-0.2, 0) is 38.1 Å². The van der Waals surface area contributed by atoms with Crippen LogP contribution in [0.1, 0.15) is 81.6 Å². The first-order valence-electron chi connectivity index (χ1n) is 19.2. The molecule has 2 heterocycles. The van der Waals surface area contributed by atoms with E-state index in [-0.39, 0.29) is 37.5 Å². The van der Waals surface area contributed by atoms with E-state index in [1.807, 2.05) is 32.8 Å². The van der Waals surface area contributed by atoms with E-state index in [0.717, 1.165) is 0 Å². The highest BCUT2D eigenvalue weighted by atomic mass is 16.7. The number of hydrogen-bond donors (Lipinski definition) is 3.